The highest BCUT2D eigenvalue weighted by Gasteiger charge is 2.20. The Morgan fingerprint density at radius 2 is 2.05 bits per heavy atom. The molecular weight excluding hydrogens is 232 g/mol. The maximum Gasteiger partial charge on any atom is 0.0233 e. The molecule has 0 aliphatic carbocycles. The van der Waals surface area contributed by atoms with E-state index in [1.165, 1.54) is 43.5 Å². The quantitative estimate of drug-likeness (QED) is 0.880. The average Bonchev–Trinajstić information content (AvgIpc) is 2.41. The number of hydrogen-bond donors (Lipinski definition) is 1. The number of rotatable bonds is 5. The Morgan fingerprint density at radius 1 is 1.32 bits per heavy atom. The van der Waals surface area contributed by atoms with Gasteiger partial charge >= 0.3 is 0 Å². The van der Waals surface area contributed by atoms with E-state index in [1.807, 2.05) is 0 Å². The molecule has 1 aromatic carbocycles. The first kappa shape index (κ1) is 14.5. The van der Waals surface area contributed by atoms with Crippen LogP contribution in [0.3, 0.4) is 0 Å². The van der Waals surface area contributed by atoms with Crippen LogP contribution in [0.1, 0.15) is 43.7 Å². The molecule has 19 heavy (non-hydrogen) atoms. The van der Waals surface area contributed by atoms with Gasteiger partial charge in [-0.2, -0.15) is 0 Å². The summed E-state index contributed by atoms with van der Waals surface area (Å²) in [5.41, 5.74) is 8.88. The summed E-state index contributed by atoms with van der Waals surface area (Å²) in [5.74, 6) is 0.851. The molecule has 1 saturated heterocycles. The van der Waals surface area contributed by atoms with Crippen LogP contribution >= 0.6 is 0 Å². The van der Waals surface area contributed by atoms with Crippen LogP contribution in [0.4, 0.5) is 0 Å². The maximum absolute atomic E-state index is 6.07. The predicted octanol–water partition coefficient (Wildman–Crippen LogP) is 3.33. The fraction of sp³-hybridized carbons (Fsp3) is 0.647. The highest BCUT2D eigenvalue weighted by atomic mass is 15.1. The minimum absolute atomic E-state index is 0.410. The summed E-state index contributed by atoms with van der Waals surface area (Å²) in [6.45, 7) is 7.93. The van der Waals surface area contributed by atoms with Crippen molar-refractivity contribution in [2.24, 2.45) is 11.7 Å². The van der Waals surface area contributed by atoms with Crippen LogP contribution in [0.15, 0.2) is 24.3 Å². The van der Waals surface area contributed by atoms with Crippen molar-refractivity contribution in [1.82, 2.24) is 4.90 Å². The summed E-state index contributed by atoms with van der Waals surface area (Å²) >= 11 is 0. The lowest BCUT2D eigenvalue weighted by atomic mass is 9.89. The molecule has 0 radical (unpaired) electrons. The second kappa shape index (κ2) is 7.06. The Kier molecular flexibility index (Phi) is 5.41. The summed E-state index contributed by atoms with van der Waals surface area (Å²) in [6, 6.07) is 9.29. The molecule has 0 saturated carbocycles. The van der Waals surface area contributed by atoms with Gasteiger partial charge in [-0.05, 0) is 57.2 Å². The predicted molar refractivity (Wildman–Crippen MR) is 82.1 cm³/mol. The highest BCUT2D eigenvalue weighted by Crippen LogP contribution is 2.23. The van der Waals surface area contributed by atoms with Gasteiger partial charge < -0.3 is 5.73 Å². The third kappa shape index (κ3) is 4.63. The van der Waals surface area contributed by atoms with Crippen molar-refractivity contribution in [3.05, 3.63) is 35.4 Å². The first-order valence-corrected chi connectivity index (χ1v) is 7.71. The van der Waals surface area contributed by atoms with Crippen molar-refractivity contribution >= 4 is 0 Å². The number of nitrogens with zero attached hydrogens (tertiary/aromatic N) is 1. The number of nitrogens with two attached hydrogens (primary N) is 1. The summed E-state index contributed by atoms with van der Waals surface area (Å²) in [4.78, 5) is 2.59. The van der Waals surface area contributed by atoms with E-state index in [-0.39, 0.29) is 0 Å². The van der Waals surface area contributed by atoms with Crippen LogP contribution in [0.2, 0.25) is 0 Å². The smallest absolute Gasteiger partial charge is 0.0233 e. The van der Waals surface area contributed by atoms with Crippen LogP contribution in [-0.4, -0.2) is 24.0 Å². The lowest BCUT2D eigenvalue weighted by molar-refractivity contribution is 0.167. The van der Waals surface area contributed by atoms with Gasteiger partial charge in [-0.3, -0.25) is 4.90 Å². The first-order valence-electron chi connectivity index (χ1n) is 7.71. The third-order valence-corrected chi connectivity index (χ3v) is 4.36. The number of aryl methyl sites for hydroxylation is 1. The van der Waals surface area contributed by atoms with Gasteiger partial charge in [-0.1, -0.05) is 36.8 Å². The molecule has 2 rings (SSSR count). The van der Waals surface area contributed by atoms with Gasteiger partial charge in [0, 0.05) is 12.6 Å². The molecule has 2 N–H and O–H groups in total. The van der Waals surface area contributed by atoms with E-state index in [9.17, 15) is 0 Å². The van der Waals surface area contributed by atoms with E-state index < -0.39 is 0 Å². The fourth-order valence-corrected chi connectivity index (χ4v) is 3.04. The fourth-order valence-electron chi connectivity index (χ4n) is 3.04. The molecule has 0 aromatic heterocycles. The molecule has 1 fully saturated rings. The zero-order valence-electron chi connectivity index (χ0n) is 12.4. The van der Waals surface area contributed by atoms with E-state index in [0.29, 0.717) is 6.04 Å². The average molecular weight is 260 g/mol. The lowest BCUT2D eigenvalue weighted by Gasteiger charge is -2.33. The van der Waals surface area contributed by atoms with Crippen molar-refractivity contribution in [1.29, 1.82) is 0 Å². The highest BCUT2D eigenvalue weighted by molar-refractivity contribution is 5.22. The molecule has 1 aliphatic heterocycles. The summed E-state index contributed by atoms with van der Waals surface area (Å²) in [5, 5.41) is 0. The number of piperidine rings is 1. The molecule has 2 nitrogen and oxygen atoms in total. The Balaban J connectivity index is 1.77. The largest absolute Gasteiger partial charge is 0.328 e. The van der Waals surface area contributed by atoms with Gasteiger partial charge in [0.15, 0.2) is 0 Å². The molecule has 1 aliphatic rings. The zero-order chi connectivity index (χ0) is 13.7. The van der Waals surface area contributed by atoms with E-state index in [1.54, 1.807) is 0 Å². The van der Waals surface area contributed by atoms with Gasteiger partial charge in [0.25, 0.3) is 0 Å². The summed E-state index contributed by atoms with van der Waals surface area (Å²) < 4.78 is 0. The Bertz CT molecular complexity index is 381. The van der Waals surface area contributed by atoms with Crippen LogP contribution in [0.25, 0.3) is 0 Å². The number of hydrogen-bond acceptors (Lipinski definition) is 2. The van der Waals surface area contributed by atoms with Crippen molar-refractivity contribution < 1.29 is 0 Å². The lowest BCUT2D eigenvalue weighted by Crippen LogP contribution is -2.35. The van der Waals surface area contributed by atoms with Crippen molar-refractivity contribution in [2.75, 3.05) is 13.1 Å². The van der Waals surface area contributed by atoms with Crippen LogP contribution in [0.5, 0.6) is 0 Å². The van der Waals surface area contributed by atoms with Gasteiger partial charge in [0.2, 0.25) is 0 Å². The molecule has 0 spiro atoms. The van der Waals surface area contributed by atoms with Crippen LogP contribution < -0.4 is 5.73 Å². The standard InChI is InChI=1S/C17H28N2/c1-3-17(18)12-15-7-9-19(10-8-15)13-16-6-4-5-14(2)11-16/h4-6,11,15,17H,3,7-10,12-13,18H2,1-2H3. The van der Waals surface area contributed by atoms with Crippen LogP contribution in [0, 0.1) is 12.8 Å². The minimum Gasteiger partial charge on any atom is -0.328 e. The topological polar surface area (TPSA) is 29.3 Å². The number of likely N-dealkylation sites (tertiary alicyclic amines) is 1. The summed E-state index contributed by atoms with van der Waals surface area (Å²) in [7, 11) is 0. The van der Waals surface area contributed by atoms with Crippen molar-refractivity contribution in [3.8, 4) is 0 Å². The normalized spacial score (nSPS) is 19.5. The Labute approximate surface area is 118 Å². The second-order valence-corrected chi connectivity index (χ2v) is 6.11. The molecule has 1 aromatic rings. The SMILES string of the molecule is CCC(N)CC1CCN(Cc2cccc(C)c2)CC1. The molecule has 106 valence electrons. The molecule has 2 heteroatoms. The molecule has 1 unspecified atom stereocenters. The Morgan fingerprint density at radius 3 is 2.68 bits per heavy atom. The maximum atomic E-state index is 6.07. The molecule has 0 bridgehead atoms. The molecular formula is C17H28N2. The van der Waals surface area contributed by atoms with Gasteiger partial charge in [-0.15, -0.1) is 0 Å². The number of benzene rings is 1. The second-order valence-electron chi connectivity index (χ2n) is 6.11. The van der Waals surface area contributed by atoms with Gasteiger partial charge in [-0.25, -0.2) is 0 Å². The van der Waals surface area contributed by atoms with E-state index in [4.69, 9.17) is 5.73 Å². The van der Waals surface area contributed by atoms with E-state index in [2.05, 4.69) is 43.0 Å². The molecule has 1 heterocycles. The van der Waals surface area contributed by atoms with Crippen molar-refractivity contribution in [2.45, 2.75) is 52.1 Å². The van der Waals surface area contributed by atoms with Gasteiger partial charge in [0.1, 0.15) is 0 Å². The minimum atomic E-state index is 0.410. The zero-order valence-corrected chi connectivity index (χ0v) is 12.4. The van der Waals surface area contributed by atoms with Crippen LogP contribution in [-0.2, 0) is 6.54 Å². The molecule has 1 atom stereocenters. The van der Waals surface area contributed by atoms with E-state index >= 15 is 0 Å². The first-order chi connectivity index (χ1) is 9.17. The third-order valence-electron chi connectivity index (χ3n) is 4.36. The Hall–Kier alpha value is -0.860. The van der Waals surface area contributed by atoms with Crippen molar-refractivity contribution in [3.63, 3.8) is 0 Å². The summed E-state index contributed by atoms with van der Waals surface area (Å²) in [6.07, 6.45) is 4.97. The monoisotopic (exact) mass is 260 g/mol. The van der Waals surface area contributed by atoms with Gasteiger partial charge in [0.05, 0.1) is 0 Å². The van der Waals surface area contributed by atoms with E-state index in [0.717, 1.165) is 18.9 Å². The molecule has 0 amide bonds.